The number of nitrogens with zero attached hydrogens (tertiary/aromatic N) is 6. The van der Waals surface area contributed by atoms with Gasteiger partial charge in [0.1, 0.15) is 11.4 Å². The van der Waals surface area contributed by atoms with Crippen LogP contribution in [0.3, 0.4) is 0 Å². The number of carbonyl (C=O) groups excluding carboxylic acids is 1. The number of hydrogen-bond acceptors (Lipinski definition) is 10. The fourth-order valence-electron chi connectivity index (χ4n) is 3.68. The first-order valence-corrected chi connectivity index (χ1v) is 10.5. The van der Waals surface area contributed by atoms with Crippen LogP contribution >= 0.6 is 0 Å². The van der Waals surface area contributed by atoms with Gasteiger partial charge in [0, 0.05) is 38.3 Å². The topological polar surface area (TPSA) is 139 Å². The van der Waals surface area contributed by atoms with Crippen LogP contribution in [0, 0.1) is 0 Å². The smallest absolute Gasteiger partial charge is 0.262 e. The van der Waals surface area contributed by atoms with Gasteiger partial charge in [-0.3, -0.25) is 9.78 Å². The molecule has 11 heteroatoms. The Morgan fingerprint density at radius 2 is 1.91 bits per heavy atom. The minimum Gasteiger partial charge on any atom is -0.495 e. The zero-order valence-electron chi connectivity index (χ0n) is 18.5. The van der Waals surface area contributed by atoms with E-state index in [2.05, 4.69) is 30.4 Å². The third-order valence-electron chi connectivity index (χ3n) is 5.56. The Morgan fingerprint density at radius 3 is 2.68 bits per heavy atom. The van der Waals surface area contributed by atoms with Crippen molar-refractivity contribution in [3.05, 3.63) is 60.7 Å². The molecule has 172 valence electrons. The van der Waals surface area contributed by atoms with Gasteiger partial charge in [-0.25, -0.2) is 15.0 Å². The average Bonchev–Trinajstić information content (AvgIpc) is 3.47. The second-order valence-corrected chi connectivity index (χ2v) is 7.83. The van der Waals surface area contributed by atoms with Gasteiger partial charge < -0.3 is 24.6 Å². The van der Waals surface area contributed by atoms with Crippen LogP contribution in [0.15, 0.2) is 59.5 Å². The Balaban J connectivity index is 1.40. The van der Waals surface area contributed by atoms with E-state index in [-0.39, 0.29) is 12.2 Å². The van der Waals surface area contributed by atoms with Gasteiger partial charge in [-0.15, -0.1) is 0 Å². The highest BCUT2D eigenvalue weighted by Gasteiger charge is 2.48. The number of likely N-dealkylation sites (N-methyl/N-ethyl adjacent to an activating group) is 1. The number of carbonyl (C=O) groups is 1. The van der Waals surface area contributed by atoms with Crippen LogP contribution in [0.25, 0.3) is 22.8 Å². The predicted molar refractivity (Wildman–Crippen MR) is 121 cm³/mol. The number of methoxy groups -OCH3 is 1. The minimum atomic E-state index is -1.71. The molecule has 0 radical (unpaired) electrons. The summed E-state index contributed by atoms with van der Waals surface area (Å²) in [4.78, 5) is 31.4. The van der Waals surface area contributed by atoms with Crippen molar-refractivity contribution in [2.45, 2.75) is 12.0 Å². The molecule has 0 bridgehead atoms. The number of pyridine rings is 2. The Morgan fingerprint density at radius 1 is 1.12 bits per heavy atom. The quantitative estimate of drug-likeness (QED) is 0.442. The van der Waals surface area contributed by atoms with E-state index in [0.29, 0.717) is 46.7 Å². The number of aromatic nitrogens is 5. The third kappa shape index (κ3) is 3.92. The molecule has 5 rings (SSSR count). The fraction of sp³-hybridized carbons (Fsp3) is 0.217. The summed E-state index contributed by atoms with van der Waals surface area (Å²) in [5, 5.41) is 17.9. The van der Waals surface area contributed by atoms with Crippen LogP contribution in [-0.2, 0) is 10.4 Å². The second-order valence-electron chi connectivity index (χ2n) is 7.83. The van der Waals surface area contributed by atoms with Crippen LogP contribution in [0.5, 0.6) is 5.75 Å². The van der Waals surface area contributed by atoms with Crippen LogP contribution in [0.2, 0.25) is 0 Å². The zero-order valence-corrected chi connectivity index (χ0v) is 18.5. The first-order valence-electron chi connectivity index (χ1n) is 10.5. The fourth-order valence-corrected chi connectivity index (χ4v) is 3.68. The van der Waals surface area contributed by atoms with Gasteiger partial charge in [0.2, 0.25) is 11.5 Å². The lowest BCUT2D eigenvalue weighted by Crippen LogP contribution is -2.35. The number of likely N-dealkylation sites (tertiary alicyclic amines) is 1. The van der Waals surface area contributed by atoms with E-state index >= 15 is 0 Å². The van der Waals surface area contributed by atoms with Gasteiger partial charge in [-0.05, 0) is 18.2 Å². The molecule has 34 heavy (non-hydrogen) atoms. The van der Waals surface area contributed by atoms with Crippen molar-refractivity contribution in [3.63, 3.8) is 0 Å². The SMILES string of the molecule is COc1cncc(Nc2nccc(-c3cccc(-c4cc(C5(O)CCN(C)C5=O)on4)n3)n2)c1. The van der Waals surface area contributed by atoms with Crippen molar-refractivity contribution in [2.75, 3.05) is 26.0 Å². The largest absolute Gasteiger partial charge is 0.495 e. The van der Waals surface area contributed by atoms with E-state index < -0.39 is 11.5 Å². The number of hydrogen-bond donors (Lipinski definition) is 2. The van der Waals surface area contributed by atoms with Crippen molar-refractivity contribution in [2.24, 2.45) is 0 Å². The Labute approximate surface area is 194 Å². The standard InChI is InChI=1S/C23H21N7O4/c1-30-9-7-23(32,21(30)31)20-11-19(29-34-20)17-5-3-4-16(27-17)18-6-8-25-22(28-18)26-14-10-15(33-2)13-24-12-14/h3-6,8,10-13,32H,7,9H2,1-2H3,(H,25,26,28). The minimum absolute atomic E-state index is 0.101. The molecule has 1 saturated heterocycles. The van der Waals surface area contributed by atoms with Gasteiger partial charge in [-0.2, -0.15) is 0 Å². The van der Waals surface area contributed by atoms with Gasteiger partial charge >= 0.3 is 0 Å². The lowest BCUT2D eigenvalue weighted by molar-refractivity contribution is -0.144. The molecule has 1 amide bonds. The molecule has 1 aliphatic heterocycles. The average molecular weight is 459 g/mol. The zero-order chi connectivity index (χ0) is 23.7. The molecule has 0 spiro atoms. The Hall–Kier alpha value is -4.38. The summed E-state index contributed by atoms with van der Waals surface area (Å²) in [6.45, 7) is 0.439. The van der Waals surface area contributed by atoms with Gasteiger partial charge in [0.05, 0.1) is 42.3 Å². The van der Waals surface area contributed by atoms with E-state index in [1.807, 2.05) is 12.1 Å². The van der Waals surface area contributed by atoms with E-state index in [0.717, 1.165) is 0 Å². The first-order chi connectivity index (χ1) is 16.5. The molecule has 1 aliphatic rings. The molecule has 1 atom stereocenters. The van der Waals surface area contributed by atoms with Crippen molar-refractivity contribution < 1.29 is 19.2 Å². The summed E-state index contributed by atoms with van der Waals surface area (Å²) in [6, 6.07) is 10.5. The van der Waals surface area contributed by atoms with E-state index in [1.54, 1.807) is 57.0 Å². The third-order valence-corrected chi connectivity index (χ3v) is 5.56. The highest BCUT2D eigenvalue weighted by molar-refractivity contribution is 5.87. The summed E-state index contributed by atoms with van der Waals surface area (Å²) in [7, 11) is 3.21. The summed E-state index contributed by atoms with van der Waals surface area (Å²) < 4.78 is 10.5. The van der Waals surface area contributed by atoms with Crippen LogP contribution in [0.4, 0.5) is 11.6 Å². The number of amides is 1. The highest BCUT2D eigenvalue weighted by Crippen LogP contribution is 2.34. The molecular weight excluding hydrogens is 438 g/mol. The molecule has 0 saturated carbocycles. The van der Waals surface area contributed by atoms with E-state index in [9.17, 15) is 9.90 Å². The number of aliphatic hydroxyl groups is 1. The van der Waals surface area contributed by atoms with Gasteiger partial charge in [-0.1, -0.05) is 11.2 Å². The maximum atomic E-state index is 12.4. The van der Waals surface area contributed by atoms with E-state index in [1.165, 1.54) is 4.90 Å². The van der Waals surface area contributed by atoms with Crippen molar-refractivity contribution in [3.8, 4) is 28.5 Å². The monoisotopic (exact) mass is 459 g/mol. The molecule has 4 aromatic rings. The molecule has 4 aromatic heterocycles. The summed E-state index contributed by atoms with van der Waals surface area (Å²) in [5.41, 5.74) is 1.07. The molecule has 11 nitrogen and oxygen atoms in total. The van der Waals surface area contributed by atoms with Gasteiger partial charge in [0.15, 0.2) is 5.76 Å². The van der Waals surface area contributed by atoms with Crippen molar-refractivity contribution in [1.82, 2.24) is 30.0 Å². The molecule has 1 unspecified atom stereocenters. The molecule has 5 heterocycles. The van der Waals surface area contributed by atoms with Crippen LogP contribution in [-0.4, -0.2) is 61.7 Å². The molecular formula is C23H21N7O4. The maximum absolute atomic E-state index is 12.4. The van der Waals surface area contributed by atoms with Crippen molar-refractivity contribution >= 4 is 17.5 Å². The summed E-state index contributed by atoms with van der Waals surface area (Å²) in [6.07, 6.45) is 5.11. The van der Waals surface area contributed by atoms with Crippen LogP contribution in [0.1, 0.15) is 12.2 Å². The summed E-state index contributed by atoms with van der Waals surface area (Å²) in [5.74, 6) is 0.668. The number of anilines is 2. The normalized spacial score (nSPS) is 17.7. The molecule has 1 fully saturated rings. The molecule has 0 aromatic carbocycles. The van der Waals surface area contributed by atoms with E-state index in [4.69, 9.17) is 9.26 Å². The Bertz CT molecular complexity index is 1360. The Kier molecular flexibility index (Phi) is 5.38. The maximum Gasteiger partial charge on any atom is 0.262 e. The number of ether oxygens (including phenoxy) is 1. The molecule has 0 aliphatic carbocycles. The van der Waals surface area contributed by atoms with Gasteiger partial charge in [0.25, 0.3) is 5.91 Å². The lowest BCUT2D eigenvalue weighted by atomic mass is 9.98. The van der Waals surface area contributed by atoms with Crippen LogP contribution < -0.4 is 10.1 Å². The van der Waals surface area contributed by atoms with Crippen molar-refractivity contribution in [1.29, 1.82) is 0 Å². The second kappa shape index (κ2) is 8.52. The summed E-state index contributed by atoms with van der Waals surface area (Å²) >= 11 is 0. The predicted octanol–water partition coefficient (Wildman–Crippen LogP) is 2.39. The lowest BCUT2D eigenvalue weighted by Gasteiger charge is -2.16. The number of nitrogens with one attached hydrogen (secondary N) is 1. The highest BCUT2D eigenvalue weighted by atomic mass is 16.5. The molecule has 2 N–H and O–H groups in total. The first kappa shape index (κ1) is 21.5. The number of rotatable bonds is 6.